The molecule has 0 aliphatic heterocycles. The van der Waals surface area contributed by atoms with E-state index in [1.54, 1.807) is 24.9 Å². The van der Waals surface area contributed by atoms with E-state index in [1.807, 2.05) is 41.8 Å². The highest BCUT2D eigenvalue weighted by molar-refractivity contribution is 8.04. The van der Waals surface area contributed by atoms with Crippen molar-refractivity contribution in [1.29, 1.82) is 5.26 Å². The van der Waals surface area contributed by atoms with Gasteiger partial charge in [-0.25, -0.2) is 4.79 Å². The van der Waals surface area contributed by atoms with Gasteiger partial charge < -0.3 is 14.0 Å². The van der Waals surface area contributed by atoms with Crippen LogP contribution in [0.3, 0.4) is 0 Å². The summed E-state index contributed by atoms with van der Waals surface area (Å²) in [6, 6.07) is 13.7. The lowest BCUT2D eigenvalue weighted by molar-refractivity contribution is 0.0515. The number of nitriles is 1. The molecule has 0 unspecified atom stereocenters. The van der Waals surface area contributed by atoms with E-state index in [0.29, 0.717) is 17.8 Å². The molecule has 1 aromatic heterocycles. The van der Waals surface area contributed by atoms with E-state index in [9.17, 15) is 10.1 Å². The Balaban J connectivity index is 1.81. The average molecular weight is 496 g/mol. The van der Waals surface area contributed by atoms with Crippen LogP contribution in [0.15, 0.2) is 72.2 Å². The second-order valence-corrected chi connectivity index (χ2v) is 9.23. The lowest BCUT2D eigenvalue weighted by Gasteiger charge is -2.17. The third kappa shape index (κ3) is 5.48. The van der Waals surface area contributed by atoms with Gasteiger partial charge in [-0.3, -0.25) is 0 Å². The fourth-order valence-electron chi connectivity index (χ4n) is 4.29. The van der Waals surface area contributed by atoms with E-state index >= 15 is 0 Å². The number of fused-ring (bicyclic) bond motifs is 1. The summed E-state index contributed by atoms with van der Waals surface area (Å²) < 4.78 is 10.8. The van der Waals surface area contributed by atoms with Crippen LogP contribution in [0.4, 0.5) is 5.69 Å². The third-order valence-corrected chi connectivity index (χ3v) is 6.82. The number of nitrogens with one attached hydrogen (secondary N) is 1. The Hall–Kier alpha value is -3.95. The Kier molecular flexibility index (Phi) is 8.14. The summed E-state index contributed by atoms with van der Waals surface area (Å²) >= 11 is 1.58. The second-order valence-electron chi connectivity index (χ2n) is 8.35. The van der Waals surface area contributed by atoms with Gasteiger partial charge in [0.05, 0.1) is 23.8 Å². The van der Waals surface area contributed by atoms with Crippen LogP contribution in [0.2, 0.25) is 0 Å². The summed E-state index contributed by atoms with van der Waals surface area (Å²) in [5.74, 6) is -0.385. The maximum atomic E-state index is 12.9. The maximum absolute atomic E-state index is 12.9. The highest BCUT2D eigenvalue weighted by atomic mass is 32.2. The topological polar surface area (TPSA) is 67.1 Å². The van der Waals surface area contributed by atoms with Crippen molar-refractivity contribution in [2.75, 3.05) is 11.3 Å². The van der Waals surface area contributed by atoms with Gasteiger partial charge in [0.2, 0.25) is 0 Å². The van der Waals surface area contributed by atoms with Crippen LogP contribution in [0.1, 0.15) is 59.4 Å². The minimum Gasteiger partial charge on any atom is -0.461 e. The lowest BCUT2D eigenvalue weighted by atomic mass is 9.99. The number of rotatable bonds is 9. The van der Waals surface area contributed by atoms with Gasteiger partial charge in [0.1, 0.15) is 5.69 Å². The fourth-order valence-corrected chi connectivity index (χ4v) is 5.01. The van der Waals surface area contributed by atoms with Gasteiger partial charge in [-0.05, 0) is 85.7 Å². The molecular weight excluding hydrogens is 466 g/mol. The summed E-state index contributed by atoms with van der Waals surface area (Å²) in [7, 11) is 0. The van der Waals surface area contributed by atoms with Crippen LogP contribution < -0.4 is 4.72 Å². The second kappa shape index (κ2) is 11.7. The number of hydrogen-bond donors (Lipinski definition) is 1. The summed E-state index contributed by atoms with van der Waals surface area (Å²) in [5, 5.41) is 10.4. The molecule has 0 saturated carbocycles. The van der Waals surface area contributed by atoms with Gasteiger partial charge in [0.15, 0.2) is 0 Å². The van der Waals surface area contributed by atoms with Crippen molar-refractivity contribution < 1.29 is 9.53 Å². The van der Waals surface area contributed by atoms with E-state index in [2.05, 4.69) is 53.8 Å². The van der Waals surface area contributed by atoms with E-state index < -0.39 is 0 Å². The Bertz CT molecular complexity index is 1440. The van der Waals surface area contributed by atoms with E-state index in [1.165, 1.54) is 4.91 Å². The first-order chi connectivity index (χ1) is 17.6. The quantitative estimate of drug-likeness (QED) is 0.243. The molecule has 1 heterocycles. The van der Waals surface area contributed by atoms with Crippen LogP contribution in [-0.2, 0) is 11.3 Å². The minimum atomic E-state index is -0.385. The van der Waals surface area contributed by atoms with E-state index in [-0.39, 0.29) is 12.6 Å². The Morgan fingerprint density at radius 3 is 2.83 bits per heavy atom. The molecule has 0 spiro atoms. The van der Waals surface area contributed by atoms with Crippen LogP contribution in [0, 0.1) is 11.3 Å². The summed E-state index contributed by atoms with van der Waals surface area (Å²) in [5.41, 5.74) is 5.81. The number of allylic oxidation sites excluding steroid dienone is 4. The number of ether oxygens (including phenoxy) is 1. The molecule has 6 heteroatoms. The highest BCUT2D eigenvalue weighted by Crippen LogP contribution is 2.31. The molecule has 2 aromatic carbocycles. The van der Waals surface area contributed by atoms with Gasteiger partial charge in [0.25, 0.3) is 0 Å². The average Bonchev–Trinajstić information content (AvgIpc) is 3.26. The van der Waals surface area contributed by atoms with E-state index in [4.69, 9.17) is 4.74 Å². The van der Waals surface area contributed by atoms with Crippen LogP contribution >= 0.6 is 11.9 Å². The predicted octanol–water partition coefficient (Wildman–Crippen LogP) is 7.71. The monoisotopic (exact) mass is 495 g/mol. The first kappa shape index (κ1) is 25.2. The van der Waals surface area contributed by atoms with Crippen molar-refractivity contribution in [3.63, 3.8) is 0 Å². The maximum Gasteiger partial charge on any atom is 0.354 e. The first-order valence-corrected chi connectivity index (χ1v) is 12.8. The van der Waals surface area contributed by atoms with Crippen LogP contribution in [-0.4, -0.2) is 17.1 Å². The van der Waals surface area contributed by atoms with Gasteiger partial charge in [0, 0.05) is 22.5 Å². The summed E-state index contributed by atoms with van der Waals surface area (Å²) in [6.45, 7) is 8.53. The molecular formula is C30H29N3O2S. The molecule has 4 rings (SSSR count). The molecule has 0 radical (unpaired) electrons. The molecule has 0 amide bonds. The largest absolute Gasteiger partial charge is 0.461 e. The smallest absolute Gasteiger partial charge is 0.354 e. The molecule has 182 valence electrons. The third-order valence-electron chi connectivity index (χ3n) is 5.95. The molecule has 5 nitrogen and oxygen atoms in total. The number of esters is 1. The van der Waals surface area contributed by atoms with Crippen molar-refractivity contribution in [2.45, 2.75) is 33.2 Å². The number of aromatic nitrogens is 1. The number of carbonyl (C=O) groups excluding carboxylic acids is 1. The molecule has 0 bridgehead atoms. The standard InChI is InChI=1S/C30H29N3O2S/c1-4-10-27-22(5-2)16-25(32-36-26-11-8-7-9-12-26)17-24(27)20-33-28-15-21(19-31)13-14-23(28)18-29(33)30(34)35-6-3/h4-5,8,10-18,32H,2,6-7,9,20H2,1,3H3/b10-4-. The lowest BCUT2D eigenvalue weighted by Crippen LogP contribution is -2.14. The number of anilines is 1. The van der Waals surface area contributed by atoms with Crippen molar-refractivity contribution in [2.24, 2.45) is 0 Å². The molecule has 1 aliphatic carbocycles. The fraction of sp³-hybridized carbons (Fsp3) is 0.200. The highest BCUT2D eigenvalue weighted by Gasteiger charge is 2.19. The molecule has 3 aromatic rings. The summed E-state index contributed by atoms with van der Waals surface area (Å²) in [4.78, 5) is 14.1. The number of carbonyl (C=O) groups is 1. The first-order valence-electron chi connectivity index (χ1n) is 12.0. The normalized spacial score (nSPS) is 13.0. The Morgan fingerprint density at radius 2 is 2.14 bits per heavy atom. The molecule has 0 saturated heterocycles. The number of hydrogen-bond acceptors (Lipinski definition) is 5. The van der Waals surface area contributed by atoms with Gasteiger partial charge in [-0.1, -0.05) is 49.1 Å². The van der Waals surface area contributed by atoms with E-state index in [0.717, 1.165) is 46.1 Å². The zero-order chi connectivity index (χ0) is 25.5. The number of benzene rings is 2. The van der Waals surface area contributed by atoms with Crippen molar-refractivity contribution in [1.82, 2.24) is 4.57 Å². The van der Waals surface area contributed by atoms with Crippen molar-refractivity contribution >= 4 is 46.7 Å². The summed E-state index contributed by atoms with van der Waals surface area (Å²) in [6.07, 6.45) is 14.6. The Labute approximate surface area is 216 Å². The van der Waals surface area contributed by atoms with Gasteiger partial charge in [-0.15, -0.1) is 0 Å². The van der Waals surface area contributed by atoms with Gasteiger partial charge >= 0.3 is 5.97 Å². The molecule has 1 aliphatic rings. The van der Waals surface area contributed by atoms with Crippen LogP contribution in [0.5, 0.6) is 0 Å². The molecule has 1 N–H and O–H groups in total. The zero-order valence-electron chi connectivity index (χ0n) is 20.6. The predicted molar refractivity (Wildman–Crippen MR) is 151 cm³/mol. The number of nitrogens with zero attached hydrogens (tertiary/aromatic N) is 2. The van der Waals surface area contributed by atoms with Crippen LogP contribution in [0.25, 0.3) is 23.1 Å². The van der Waals surface area contributed by atoms with Crippen molar-refractivity contribution in [3.05, 3.63) is 100 Å². The molecule has 36 heavy (non-hydrogen) atoms. The molecule has 0 fully saturated rings. The SMILES string of the molecule is C=Cc1cc(NSC2=CCCC=C2)cc(Cn2c(C(=O)OCC)cc3ccc(C#N)cc32)c1/C=C\C. The molecule has 0 atom stereocenters. The Morgan fingerprint density at radius 1 is 1.28 bits per heavy atom. The zero-order valence-corrected chi connectivity index (χ0v) is 21.4. The van der Waals surface area contributed by atoms with Crippen molar-refractivity contribution in [3.8, 4) is 6.07 Å². The minimum absolute atomic E-state index is 0.287. The van der Waals surface area contributed by atoms with Gasteiger partial charge in [-0.2, -0.15) is 5.26 Å².